The van der Waals surface area contributed by atoms with Crippen LogP contribution in [0.25, 0.3) is 21.8 Å². The van der Waals surface area contributed by atoms with Crippen molar-refractivity contribution in [1.82, 2.24) is 9.55 Å². The Morgan fingerprint density at radius 1 is 1.10 bits per heavy atom. The molecule has 0 radical (unpaired) electrons. The molecule has 31 heavy (non-hydrogen) atoms. The first kappa shape index (κ1) is 21.0. The first-order chi connectivity index (χ1) is 15.1. The quantitative estimate of drug-likeness (QED) is 0.444. The summed E-state index contributed by atoms with van der Waals surface area (Å²) in [4.78, 5) is 19.5. The Kier molecular flexibility index (Phi) is 6.30. The summed E-state index contributed by atoms with van der Waals surface area (Å²) in [6.07, 6.45) is 0.676. The van der Waals surface area contributed by atoms with Gasteiger partial charge in [0, 0.05) is 18.5 Å². The molecule has 4 aromatic rings. The van der Waals surface area contributed by atoms with Gasteiger partial charge in [-0.3, -0.25) is 9.36 Å². The molecule has 2 aromatic heterocycles. The molecule has 2 heterocycles. The molecule has 2 aromatic carbocycles. The first-order valence-corrected chi connectivity index (χ1v) is 11.0. The highest BCUT2D eigenvalue weighted by Crippen LogP contribution is 2.31. The van der Waals surface area contributed by atoms with E-state index in [1.807, 2.05) is 54.8 Å². The molecular weight excluding hydrogens is 408 g/mol. The van der Waals surface area contributed by atoms with Crippen LogP contribution in [-0.2, 0) is 24.3 Å². The lowest BCUT2D eigenvalue weighted by Gasteiger charge is -2.17. The third-order valence-electron chi connectivity index (χ3n) is 5.11. The highest BCUT2D eigenvalue weighted by molar-refractivity contribution is 7.13. The molecule has 158 valence electrons. The molecule has 0 bridgehead atoms. The maximum atomic E-state index is 13.8. The van der Waals surface area contributed by atoms with E-state index < -0.39 is 0 Å². The smallest absolute Gasteiger partial charge is 0.262 e. The van der Waals surface area contributed by atoms with Gasteiger partial charge in [0.05, 0.1) is 23.4 Å². The van der Waals surface area contributed by atoms with E-state index >= 15 is 0 Å². The van der Waals surface area contributed by atoms with Crippen molar-refractivity contribution in [2.24, 2.45) is 0 Å². The molecule has 4 rings (SSSR count). The fraction of sp³-hybridized carbons (Fsp3) is 0.200. The predicted molar refractivity (Wildman–Crippen MR) is 125 cm³/mol. The number of aromatic hydroxyl groups is 1. The van der Waals surface area contributed by atoms with Crippen molar-refractivity contribution in [3.63, 3.8) is 0 Å². The van der Waals surface area contributed by atoms with E-state index in [4.69, 9.17) is 9.72 Å². The van der Waals surface area contributed by atoms with Gasteiger partial charge in [-0.25, -0.2) is 4.98 Å². The largest absolute Gasteiger partial charge is 0.507 e. The van der Waals surface area contributed by atoms with Crippen LogP contribution in [0, 0.1) is 6.92 Å². The minimum Gasteiger partial charge on any atom is -0.507 e. The lowest BCUT2D eigenvalue weighted by molar-refractivity contribution is 0.181. The van der Waals surface area contributed by atoms with Crippen LogP contribution < -0.4 is 5.56 Å². The molecule has 5 nitrogen and oxygen atoms in total. The number of ether oxygens (including phenoxy) is 1. The second-order valence-electron chi connectivity index (χ2n) is 7.39. The zero-order chi connectivity index (χ0) is 21.8. The Balaban J connectivity index is 1.92. The van der Waals surface area contributed by atoms with E-state index in [2.05, 4.69) is 0 Å². The number of phenols is 1. The van der Waals surface area contributed by atoms with E-state index in [-0.39, 0.29) is 17.9 Å². The van der Waals surface area contributed by atoms with Crippen molar-refractivity contribution >= 4 is 11.3 Å². The van der Waals surface area contributed by atoms with Gasteiger partial charge >= 0.3 is 0 Å². The Bertz CT molecular complexity index is 1250. The standard InChI is InChI=1S/C25H24N2O3S/c1-17-14-22(31-16-17)23-20(15-30-2)26-24(19-10-6-7-11-21(19)28)27(25(23)29)13-12-18-8-4-3-5-9-18/h3-11,14,16,28H,12-13,15H2,1-2H3. The fourth-order valence-electron chi connectivity index (χ4n) is 3.61. The van der Waals surface area contributed by atoms with Crippen LogP contribution in [0.15, 0.2) is 70.8 Å². The second kappa shape index (κ2) is 9.29. The van der Waals surface area contributed by atoms with Gasteiger partial charge < -0.3 is 9.84 Å². The van der Waals surface area contributed by atoms with Crippen molar-refractivity contribution in [2.75, 3.05) is 7.11 Å². The minimum atomic E-state index is -0.127. The average Bonchev–Trinajstić information content (AvgIpc) is 3.20. The average molecular weight is 433 g/mol. The topological polar surface area (TPSA) is 64.3 Å². The van der Waals surface area contributed by atoms with Crippen LogP contribution in [0.4, 0.5) is 0 Å². The summed E-state index contributed by atoms with van der Waals surface area (Å²) < 4.78 is 7.05. The number of thiophene rings is 1. The molecule has 0 saturated heterocycles. The molecule has 0 fully saturated rings. The zero-order valence-corrected chi connectivity index (χ0v) is 18.4. The van der Waals surface area contributed by atoms with Gasteiger partial charge in [0.25, 0.3) is 5.56 Å². The summed E-state index contributed by atoms with van der Waals surface area (Å²) in [5.74, 6) is 0.536. The summed E-state index contributed by atoms with van der Waals surface area (Å²) in [6, 6.07) is 19.0. The number of nitrogens with zero attached hydrogens (tertiary/aromatic N) is 2. The number of hydrogen-bond donors (Lipinski definition) is 1. The van der Waals surface area contributed by atoms with Crippen molar-refractivity contribution in [1.29, 1.82) is 0 Å². The maximum absolute atomic E-state index is 13.8. The van der Waals surface area contributed by atoms with E-state index in [1.165, 1.54) is 11.3 Å². The highest BCUT2D eigenvalue weighted by atomic mass is 32.1. The van der Waals surface area contributed by atoms with Crippen LogP contribution in [0.5, 0.6) is 5.75 Å². The Hall–Kier alpha value is -3.22. The monoisotopic (exact) mass is 432 g/mol. The number of benzene rings is 2. The zero-order valence-electron chi connectivity index (χ0n) is 17.5. The Labute approximate surface area is 185 Å². The molecule has 0 spiro atoms. The summed E-state index contributed by atoms with van der Waals surface area (Å²) in [5, 5.41) is 12.5. The van der Waals surface area contributed by atoms with E-state index in [0.717, 1.165) is 16.0 Å². The molecule has 0 atom stereocenters. The third-order valence-corrected chi connectivity index (χ3v) is 6.18. The van der Waals surface area contributed by atoms with Crippen LogP contribution in [-0.4, -0.2) is 21.8 Å². The molecule has 0 saturated carbocycles. The minimum absolute atomic E-state index is 0.0888. The predicted octanol–water partition coefficient (Wildman–Crippen LogP) is 5.04. The normalized spacial score (nSPS) is 11.0. The number of para-hydroxylation sites is 1. The van der Waals surface area contributed by atoms with Crippen LogP contribution in [0.3, 0.4) is 0 Å². The van der Waals surface area contributed by atoms with Gasteiger partial charge in [-0.2, -0.15) is 0 Å². The lowest BCUT2D eigenvalue weighted by Crippen LogP contribution is -2.27. The van der Waals surface area contributed by atoms with E-state index in [1.54, 1.807) is 29.9 Å². The van der Waals surface area contributed by atoms with Crippen LogP contribution >= 0.6 is 11.3 Å². The Morgan fingerprint density at radius 2 is 1.84 bits per heavy atom. The van der Waals surface area contributed by atoms with Crippen molar-refractivity contribution in [3.8, 4) is 27.6 Å². The molecular formula is C25H24N2O3S. The second-order valence-corrected chi connectivity index (χ2v) is 8.30. The molecule has 0 aliphatic carbocycles. The number of aromatic nitrogens is 2. The maximum Gasteiger partial charge on any atom is 0.262 e. The molecule has 0 amide bonds. The number of methoxy groups -OCH3 is 1. The number of rotatable bonds is 7. The van der Waals surface area contributed by atoms with Gasteiger partial charge in [0.2, 0.25) is 0 Å². The molecule has 0 unspecified atom stereocenters. The van der Waals surface area contributed by atoms with Gasteiger partial charge in [-0.05, 0) is 48.1 Å². The summed E-state index contributed by atoms with van der Waals surface area (Å²) in [6.45, 7) is 2.67. The summed E-state index contributed by atoms with van der Waals surface area (Å²) in [5.41, 5.74) is 3.77. The highest BCUT2D eigenvalue weighted by Gasteiger charge is 2.21. The van der Waals surface area contributed by atoms with E-state index in [0.29, 0.717) is 35.6 Å². The third kappa shape index (κ3) is 4.45. The van der Waals surface area contributed by atoms with Gasteiger partial charge in [0.15, 0.2) is 0 Å². The van der Waals surface area contributed by atoms with Gasteiger partial charge in [0.1, 0.15) is 11.6 Å². The van der Waals surface area contributed by atoms with Crippen molar-refractivity contribution < 1.29 is 9.84 Å². The summed E-state index contributed by atoms with van der Waals surface area (Å²) >= 11 is 1.53. The molecule has 6 heteroatoms. The van der Waals surface area contributed by atoms with Crippen molar-refractivity contribution in [3.05, 3.63) is 93.2 Å². The van der Waals surface area contributed by atoms with Crippen LogP contribution in [0.2, 0.25) is 0 Å². The Morgan fingerprint density at radius 3 is 2.52 bits per heavy atom. The van der Waals surface area contributed by atoms with Gasteiger partial charge in [-0.15, -0.1) is 11.3 Å². The SMILES string of the molecule is COCc1nc(-c2ccccc2O)n(CCc2ccccc2)c(=O)c1-c1cc(C)cs1. The molecule has 1 N–H and O–H groups in total. The van der Waals surface area contributed by atoms with Crippen LogP contribution in [0.1, 0.15) is 16.8 Å². The lowest BCUT2D eigenvalue weighted by atomic mass is 10.1. The number of phenolic OH excluding ortho intramolecular Hbond substituents is 1. The number of hydrogen-bond acceptors (Lipinski definition) is 5. The van der Waals surface area contributed by atoms with Crippen molar-refractivity contribution in [2.45, 2.75) is 26.5 Å². The van der Waals surface area contributed by atoms with Gasteiger partial charge in [-0.1, -0.05) is 42.5 Å². The van der Waals surface area contributed by atoms with E-state index in [9.17, 15) is 9.90 Å². The first-order valence-electron chi connectivity index (χ1n) is 10.1. The fourth-order valence-corrected chi connectivity index (χ4v) is 4.57. The summed E-state index contributed by atoms with van der Waals surface area (Å²) in [7, 11) is 1.59. The number of aryl methyl sites for hydroxylation is 2. The molecule has 0 aliphatic heterocycles. The molecule has 0 aliphatic rings.